The summed E-state index contributed by atoms with van der Waals surface area (Å²) in [5, 5.41) is 6.62. The summed E-state index contributed by atoms with van der Waals surface area (Å²) in [6.45, 7) is 0. The summed E-state index contributed by atoms with van der Waals surface area (Å²) in [5.74, 6) is 1.75. The number of aromatic nitrogens is 4. The molecule has 0 aliphatic heterocycles. The average molecular weight is 731 g/mol. The Labute approximate surface area is 325 Å². The van der Waals surface area contributed by atoms with Gasteiger partial charge in [-0.25, -0.2) is 15.0 Å². The van der Waals surface area contributed by atoms with Gasteiger partial charge in [0.15, 0.2) is 17.5 Å². The van der Waals surface area contributed by atoms with Crippen LogP contribution in [0.25, 0.3) is 117 Å². The van der Waals surface area contributed by atoms with E-state index in [0.717, 1.165) is 77.4 Å². The third-order valence-corrected chi connectivity index (χ3v) is 11.1. The van der Waals surface area contributed by atoms with E-state index in [1.165, 1.54) is 21.8 Å². The normalized spacial score (nSPS) is 11.9. The number of para-hydroxylation sites is 4. The summed E-state index contributed by atoms with van der Waals surface area (Å²) < 4.78 is 15.2. The molecular formula is C51H30N4O2. The highest BCUT2D eigenvalue weighted by Crippen LogP contribution is 2.42. The minimum atomic E-state index is 0.565. The Kier molecular flexibility index (Phi) is 6.83. The molecule has 8 aromatic carbocycles. The third kappa shape index (κ3) is 4.94. The highest BCUT2D eigenvalue weighted by molar-refractivity contribution is 6.15. The van der Waals surface area contributed by atoms with Crippen molar-refractivity contribution in [2.45, 2.75) is 0 Å². The van der Waals surface area contributed by atoms with Crippen molar-refractivity contribution >= 4 is 65.7 Å². The maximum atomic E-state index is 6.67. The molecule has 4 aromatic heterocycles. The molecule has 6 heteroatoms. The van der Waals surface area contributed by atoms with Crippen LogP contribution in [-0.4, -0.2) is 19.5 Å². The number of benzene rings is 8. The van der Waals surface area contributed by atoms with Crippen molar-refractivity contribution in [3.8, 4) is 51.0 Å². The number of fused-ring (bicyclic) bond motifs is 9. The number of hydrogen-bond donors (Lipinski definition) is 0. The molecule has 0 radical (unpaired) electrons. The van der Waals surface area contributed by atoms with Crippen molar-refractivity contribution in [2.24, 2.45) is 0 Å². The fourth-order valence-corrected chi connectivity index (χ4v) is 8.48. The second-order valence-corrected chi connectivity index (χ2v) is 14.4. The van der Waals surface area contributed by atoms with Crippen LogP contribution in [0.1, 0.15) is 0 Å². The number of rotatable bonds is 5. The predicted octanol–water partition coefficient (Wildman–Crippen LogP) is 13.4. The maximum Gasteiger partial charge on any atom is 0.164 e. The summed E-state index contributed by atoms with van der Waals surface area (Å²) in [4.78, 5) is 15.1. The lowest BCUT2D eigenvalue weighted by molar-refractivity contribution is 0.668. The second-order valence-electron chi connectivity index (χ2n) is 14.4. The molecule has 12 rings (SSSR count). The Morgan fingerprint density at radius 3 is 1.68 bits per heavy atom. The van der Waals surface area contributed by atoms with E-state index in [1.54, 1.807) is 0 Å². The van der Waals surface area contributed by atoms with Crippen LogP contribution in [0, 0.1) is 0 Å². The molecule has 0 bridgehead atoms. The molecule has 0 aliphatic rings. The Hall–Kier alpha value is -7.83. The fraction of sp³-hybridized carbons (Fsp3) is 0. The molecule has 0 fully saturated rings. The highest BCUT2D eigenvalue weighted by atomic mass is 16.3. The van der Waals surface area contributed by atoms with Gasteiger partial charge >= 0.3 is 0 Å². The number of furan rings is 2. The van der Waals surface area contributed by atoms with Gasteiger partial charge in [-0.15, -0.1) is 0 Å². The van der Waals surface area contributed by atoms with Crippen LogP contribution in [-0.2, 0) is 0 Å². The molecule has 0 unspecified atom stereocenters. The van der Waals surface area contributed by atoms with Crippen LogP contribution in [0.15, 0.2) is 191 Å². The van der Waals surface area contributed by atoms with E-state index in [1.807, 2.05) is 66.7 Å². The molecule has 0 N–H and O–H groups in total. The number of nitrogens with zero attached hydrogens (tertiary/aromatic N) is 4. The van der Waals surface area contributed by atoms with Gasteiger partial charge in [0.05, 0.1) is 16.7 Å². The van der Waals surface area contributed by atoms with Crippen molar-refractivity contribution in [2.75, 3.05) is 0 Å². The quantitative estimate of drug-likeness (QED) is 0.176. The summed E-state index contributed by atoms with van der Waals surface area (Å²) in [6, 6.07) is 62.8. The first-order chi connectivity index (χ1) is 28.2. The molecule has 0 atom stereocenters. The second kappa shape index (κ2) is 12.3. The SMILES string of the molecule is c1ccc(-c2nc(-c3ccc4c(c3)oc3cccc(-c5ccccc5-n5c6ccccc6c6ccccc65)c34)nc(-c3ccc4oc5ccccc5c4c3)n2)cc1. The zero-order chi connectivity index (χ0) is 37.5. The predicted molar refractivity (Wildman–Crippen MR) is 230 cm³/mol. The number of hydrogen-bond acceptors (Lipinski definition) is 5. The minimum absolute atomic E-state index is 0.565. The summed E-state index contributed by atoms with van der Waals surface area (Å²) in [5.41, 5.74) is 11.6. The van der Waals surface area contributed by atoms with Crippen molar-refractivity contribution in [1.29, 1.82) is 0 Å². The summed E-state index contributed by atoms with van der Waals surface area (Å²) in [7, 11) is 0. The van der Waals surface area contributed by atoms with Gasteiger partial charge in [0.1, 0.15) is 22.3 Å². The Morgan fingerprint density at radius 1 is 0.333 bits per heavy atom. The standard InChI is InChI=1S/C51H30N4O2/c1-2-13-31(14-3-1)49-52-50(32-26-28-45-40(29-32)37-18-7-11-23-44(37)56-45)54-51(53-49)33-25-27-39-47(30-33)57-46-24-12-19-38(48(39)46)36-17-6-10-22-43(36)55-41-20-8-4-15-34(41)35-16-5-9-21-42(35)55/h1-30H. The van der Waals surface area contributed by atoms with E-state index in [-0.39, 0.29) is 0 Å². The first-order valence-electron chi connectivity index (χ1n) is 19.0. The van der Waals surface area contributed by atoms with Gasteiger partial charge in [0.2, 0.25) is 0 Å². The maximum absolute atomic E-state index is 6.67. The molecule has 57 heavy (non-hydrogen) atoms. The van der Waals surface area contributed by atoms with Crippen LogP contribution in [0.3, 0.4) is 0 Å². The molecule has 0 saturated carbocycles. The highest BCUT2D eigenvalue weighted by Gasteiger charge is 2.20. The van der Waals surface area contributed by atoms with Crippen LogP contribution in [0.5, 0.6) is 0 Å². The fourth-order valence-electron chi connectivity index (χ4n) is 8.48. The Balaban J connectivity index is 1.02. The first-order valence-corrected chi connectivity index (χ1v) is 19.0. The minimum Gasteiger partial charge on any atom is -0.456 e. The molecular weight excluding hydrogens is 701 g/mol. The van der Waals surface area contributed by atoms with Gasteiger partial charge in [-0.1, -0.05) is 121 Å². The molecule has 0 amide bonds. The van der Waals surface area contributed by atoms with Gasteiger partial charge in [-0.3, -0.25) is 0 Å². The third-order valence-electron chi connectivity index (χ3n) is 11.1. The molecule has 4 heterocycles. The van der Waals surface area contributed by atoms with Crippen LogP contribution in [0.2, 0.25) is 0 Å². The van der Waals surface area contributed by atoms with E-state index >= 15 is 0 Å². The smallest absolute Gasteiger partial charge is 0.164 e. The molecule has 6 nitrogen and oxygen atoms in total. The van der Waals surface area contributed by atoms with Crippen LogP contribution < -0.4 is 0 Å². The van der Waals surface area contributed by atoms with Gasteiger partial charge in [-0.05, 0) is 66.2 Å². The van der Waals surface area contributed by atoms with E-state index in [0.29, 0.717) is 17.5 Å². The van der Waals surface area contributed by atoms with E-state index in [2.05, 4.69) is 120 Å². The summed E-state index contributed by atoms with van der Waals surface area (Å²) in [6.07, 6.45) is 0. The average Bonchev–Trinajstić information content (AvgIpc) is 3.95. The van der Waals surface area contributed by atoms with E-state index in [4.69, 9.17) is 23.8 Å². The van der Waals surface area contributed by atoms with Crippen molar-refractivity contribution in [1.82, 2.24) is 19.5 Å². The van der Waals surface area contributed by atoms with Gasteiger partial charge in [-0.2, -0.15) is 0 Å². The van der Waals surface area contributed by atoms with Gasteiger partial charge in [0.25, 0.3) is 0 Å². The lowest BCUT2D eigenvalue weighted by Gasteiger charge is -2.14. The van der Waals surface area contributed by atoms with Gasteiger partial charge < -0.3 is 13.4 Å². The lowest BCUT2D eigenvalue weighted by atomic mass is 9.97. The Bertz CT molecular complexity index is 3490. The topological polar surface area (TPSA) is 69.9 Å². The Morgan fingerprint density at radius 2 is 0.895 bits per heavy atom. The van der Waals surface area contributed by atoms with Crippen LogP contribution in [0.4, 0.5) is 0 Å². The first kappa shape index (κ1) is 31.5. The van der Waals surface area contributed by atoms with Crippen LogP contribution >= 0.6 is 0 Å². The largest absolute Gasteiger partial charge is 0.456 e. The van der Waals surface area contributed by atoms with Crippen molar-refractivity contribution in [3.05, 3.63) is 182 Å². The van der Waals surface area contributed by atoms with Crippen molar-refractivity contribution < 1.29 is 8.83 Å². The lowest BCUT2D eigenvalue weighted by Crippen LogP contribution is -2.00. The van der Waals surface area contributed by atoms with E-state index < -0.39 is 0 Å². The zero-order valence-electron chi connectivity index (χ0n) is 30.4. The van der Waals surface area contributed by atoms with Gasteiger partial charge in [0, 0.05) is 54.6 Å². The van der Waals surface area contributed by atoms with Crippen molar-refractivity contribution in [3.63, 3.8) is 0 Å². The molecule has 0 spiro atoms. The molecule has 12 aromatic rings. The summed E-state index contributed by atoms with van der Waals surface area (Å²) >= 11 is 0. The van der Waals surface area contributed by atoms with E-state index in [9.17, 15) is 0 Å². The molecule has 0 aliphatic carbocycles. The molecule has 266 valence electrons. The zero-order valence-corrected chi connectivity index (χ0v) is 30.4. The monoisotopic (exact) mass is 730 g/mol. The molecule has 0 saturated heterocycles.